The molecule has 0 radical (unpaired) electrons. The molecule has 1 heterocycles. The van der Waals surface area contributed by atoms with E-state index < -0.39 is 31.8 Å². The lowest BCUT2D eigenvalue weighted by Crippen LogP contribution is -2.51. The Hall–Kier alpha value is -1.72. The highest BCUT2D eigenvalue weighted by Crippen LogP contribution is 2.31. The number of ether oxygens (including phenoxy) is 1. The lowest BCUT2D eigenvalue weighted by Gasteiger charge is -2.29. The number of hydroxylamine groups is 4. The van der Waals surface area contributed by atoms with Gasteiger partial charge in [-0.1, -0.05) is 9.28 Å². The second-order valence-corrected chi connectivity index (χ2v) is 7.16. The van der Waals surface area contributed by atoms with E-state index in [9.17, 15) is 13.2 Å². The fourth-order valence-corrected chi connectivity index (χ4v) is 4.22. The predicted octanol–water partition coefficient (Wildman–Crippen LogP) is 0.533. The van der Waals surface area contributed by atoms with E-state index in [2.05, 4.69) is 0 Å². The number of rotatable bonds is 6. The second-order valence-electron chi connectivity index (χ2n) is 5.08. The minimum atomic E-state index is -3.92. The summed E-state index contributed by atoms with van der Waals surface area (Å²) in [5, 5.41) is 16.7. The van der Waals surface area contributed by atoms with Crippen molar-refractivity contribution in [2.75, 3.05) is 26.8 Å². The van der Waals surface area contributed by atoms with Crippen molar-refractivity contribution in [3.8, 4) is 5.75 Å². The Bertz CT molecular complexity index is 651. The van der Waals surface area contributed by atoms with Crippen LogP contribution in [-0.4, -0.2) is 60.8 Å². The first kappa shape index (κ1) is 17.6. The van der Waals surface area contributed by atoms with Crippen LogP contribution in [0.1, 0.15) is 12.8 Å². The number of amides is 1. The molecule has 1 aromatic rings. The van der Waals surface area contributed by atoms with Crippen LogP contribution in [0.2, 0.25) is 0 Å². The lowest BCUT2D eigenvalue weighted by molar-refractivity contribution is -0.995. The average molecular weight is 347 g/mol. The number of carbonyl (C=O) groups excluding carboxylic acids is 1. The zero-order valence-corrected chi connectivity index (χ0v) is 13.4. The summed E-state index contributed by atoms with van der Waals surface area (Å²) in [4.78, 5) is 16.6. The van der Waals surface area contributed by atoms with Crippen molar-refractivity contribution in [2.24, 2.45) is 0 Å². The average Bonchev–Trinajstić information content (AvgIpc) is 3.03. The van der Waals surface area contributed by atoms with Gasteiger partial charge in [0.05, 0.1) is 7.11 Å². The molecule has 1 aliphatic heterocycles. The van der Waals surface area contributed by atoms with Crippen LogP contribution in [0.25, 0.3) is 0 Å². The Kier molecular flexibility index (Phi) is 5.22. The minimum Gasteiger partial charge on any atom is -0.497 e. The van der Waals surface area contributed by atoms with Crippen LogP contribution in [0.4, 0.5) is 0 Å². The van der Waals surface area contributed by atoms with Crippen LogP contribution >= 0.6 is 0 Å². The molecule has 0 bridgehead atoms. The molecule has 0 unspecified atom stereocenters. The van der Waals surface area contributed by atoms with E-state index in [1.807, 2.05) is 0 Å². The molecule has 2 N–H and O–H groups in total. The molecule has 0 spiro atoms. The standard InChI is InChI=1S/C13H19N2O7S/c1-21-11-4-6-12(7-5-11)23(19,20)15(8-2-3-9-15)22-10-13(16)14(17)18/h4-7,17-18H,2-3,8-10H2,1H3/q+1. The number of nitrogens with zero attached hydrogens (tertiary/aromatic N) is 2. The van der Waals surface area contributed by atoms with E-state index in [0.717, 1.165) is 0 Å². The van der Waals surface area contributed by atoms with Crippen LogP contribution in [-0.2, 0) is 19.7 Å². The van der Waals surface area contributed by atoms with Gasteiger partial charge in [-0.15, -0.1) is 0 Å². The van der Waals surface area contributed by atoms with Crippen molar-refractivity contribution in [3.63, 3.8) is 0 Å². The molecule has 128 valence electrons. The SMILES string of the molecule is COc1ccc(S(=O)(=O)[N+]2(OCC(=O)N(O)O)CCCC2)cc1. The zero-order valence-electron chi connectivity index (χ0n) is 12.6. The van der Waals surface area contributed by atoms with E-state index in [0.29, 0.717) is 18.6 Å². The molecule has 0 saturated carbocycles. The molecular weight excluding hydrogens is 328 g/mol. The van der Waals surface area contributed by atoms with E-state index in [4.69, 9.17) is 20.0 Å². The third kappa shape index (κ3) is 3.46. The molecule has 1 fully saturated rings. The summed E-state index contributed by atoms with van der Waals surface area (Å²) < 4.78 is 30.0. The molecule has 23 heavy (non-hydrogen) atoms. The van der Waals surface area contributed by atoms with Gasteiger partial charge >= 0.3 is 15.9 Å². The fraction of sp³-hybridized carbons (Fsp3) is 0.462. The maximum absolute atomic E-state index is 12.9. The summed E-state index contributed by atoms with van der Waals surface area (Å²) in [5.41, 5.74) is 0. The molecule has 9 nitrogen and oxygen atoms in total. The highest BCUT2D eigenvalue weighted by molar-refractivity contribution is 7.85. The third-order valence-corrected chi connectivity index (χ3v) is 5.90. The highest BCUT2D eigenvalue weighted by Gasteiger charge is 2.49. The lowest BCUT2D eigenvalue weighted by atomic mass is 10.3. The molecule has 0 aromatic heterocycles. The van der Waals surface area contributed by atoms with Crippen molar-refractivity contribution in [3.05, 3.63) is 24.3 Å². The van der Waals surface area contributed by atoms with Gasteiger partial charge in [0, 0.05) is 12.8 Å². The summed E-state index contributed by atoms with van der Waals surface area (Å²) in [6.45, 7) is -0.403. The first-order valence-electron chi connectivity index (χ1n) is 6.94. The first-order chi connectivity index (χ1) is 10.8. The van der Waals surface area contributed by atoms with Crippen molar-refractivity contribution < 1.29 is 37.3 Å². The second kappa shape index (κ2) is 6.81. The van der Waals surface area contributed by atoms with Gasteiger partial charge < -0.3 is 4.74 Å². The molecule has 10 heteroatoms. The third-order valence-electron chi connectivity index (χ3n) is 3.69. The van der Waals surface area contributed by atoms with Gasteiger partial charge in [0.1, 0.15) is 23.7 Å². The first-order valence-corrected chi connectivity index (χ1v) is 8.38. The Balaban J connectivity index is 2.29. The van der Waals surface area contributed by atoms with Gasteiger partial charge in [-0.3, -0.25) is 15.2 Å². The van der Waals surface area contributed by atoms with Gasteiger partial charge in [-0.2, -0.15) is 13.3 Å². The number of methoxy groups -OCH3 is 1. The number of hydrogen-bond acceptors (Lipinski definition) is 7. The van der Waals surface area contributed by atoms with Crippen molar-refractivity contribution in [1.29, 1.82) is 0 Å². The largest absolute Gasteiger partial charge is 0.497 e. The Morgan fingerprint density at radius 3 is 2.26 bits per heavy atom. The van der Waals surface area contributed by atoms with E-state index >= 15 is 0 Å². The zero-order chi connectivity index (χ0) is 17.1. The maximum atomic E-state index is 12.9. The highest BCUT2D eigenvalue weighted by atomic mass is 32.2. The Morgan fingerprint density at radius 1 is 1.22 bits per heavy atom. The number of benzene rings is 1. The van der Waals surface area contributed by atoms with Gasteiger partial charge in [0.15, 0.2) is 6.61 Å². The summed E-state index contributed by atoms with van der Waals surface area (Å²) in [7, 11) is -2.45. The van der Waals surface area contributed by atoms with Crippen LogP contribution in [0.3, 0.4) is 0 Å². The van der Waals surface area contributed by atoms with Crippen LogP contribution in [0.15, 0.2) is 29.2 Å². The van der Waals surface area contributed by atoms with E-state index in [1.165, 1.54) is 31.4 Å². The molecule has 1 saturated heterocycles. The Morgan fingerprint density at radius 2 is 1.78 bits per heavy atom. The van der Waals surface area contributed by atoms with E-state index in [1.54, 1.807) is 0 Å². The molecule has 1 aliphatic rings. The normalized spacial score (nSPS) is 17.0. The smallest absolute Gasteiger partial charge is 0.357 e. The molecule has 1 amide bonds. The number of hydrogen-bond donors (Lipinski definition) is 2. The maximum Gasteiger partial charge on any atom is 0.357 e. The summed E-state index contributed by atoms with van der Waals surface area (Å²) in [6, 6.07) is 5.85. The van der Waals surface area contributed by atoms with Crippen molar-refractivity contribution in [1.82, 2.24) is 5.23 Å². The summed E-state index contributed by atoms with van der Waals surface area (Å²) >= 11 is 0. The Labute approximate surface area is 133 Å². The van der Waals surface area contributed by atoms with Crippen LogP contribution in [0.5, 0.6) is 5.75 Å². The number of carbonyl (C=O) groups is 1. The number of sulfonamides is 1. The fourth-order valence-electron chi connectivity index (χ4n) is 2.43. The van der Waals surface area contributed by atoms with Gasteiger partial charge in [0.2, 0.25) is 0 Å². The quantitative estimate of drug-likeness (QED) is 0.438. The van der Waals surface area contributed by atoms with Crippen LogP contribution in [0, 0.1) is 0 Å². The molecule has 2 rings (SSSR count). The molecule has 1 aromatic carbocycles. The van der Waals surface area contributed by atoms with Gasteiger partial charge in [-0.05, 0) is 24.3 Å². The summed E-state index contributed by atoms with van der Waals surface area (Å²) in [5.74, 6) is -0.636. The van der Waals surface area contributed by atoms with Crippen LogP contribution < -0.4 is 4.74 Å². The molecule has 0 aliphatic carbocycles. The number of quaternary nitrogens is 1. The van der Waals surface area contributed by atoms with E-state index in [-0.39, 0.29) is 18.0 Å². The predicted molar refractivity (Wildman–Crippen MR) is 75.8 cm³/mol. The summed E-state index contributed by atoms with van der Waals surface area (Å²) in [6.07, 6.45) is 1.23. The topological polar surface area (TPSA) is 113 Å². The van der Waals surface area contributed by atoms with Gasteiger partial charge in [-0.25, -0.2) is 0 Å². The minimum absolute atomic E-state index is 0.0394. The monoisotopic (exact) mass is 347 g/mol. The molecular formula is C13H19N2O7S+. The molecule has 0 atom stereocenters. The van der Waals surface area contributed by atoms with Crippen molar-refractivity contribution >= 4 is 15.9 Å². The van der Waals surface area contributed by atoms with Crippen molar-refractivity contribution in [2.45, 2.75) is 17.7 Å². The van der Waals surface area contributed by atoms with Gasteiger partial charge in [0.25, 0.3) is 0 Å².